The highest BCUT2D eigenvalue weighted by molar-refractivity contribution is 7.45. The Morgan fingerprint density at radius 2 is 0.855 bits per heavy atom. The van der Waals surface area contributed by atoms with E-state index in [9.17, 15) is 19.0 Å². The number of likely N-dealkylation sites (N-methyl/N-ethyl adjacent to an activating group) is 1. The summed E-state index contributed by atoms with van der Waals surface area (Å²) in [6.45, 7) is 6.51. The molecule has 0 fully saturated rings. The molecule has 76 heavy (non-hydrogen) atoms. The number of amides is 1. The lowest BCUT2D eigenvalue weighted by atomic mass is 10.1. The standard InChI is InChI=1S/C66H111N2O7P/c1-7-10-13-16-19-22-25-27-29-31-32-33-34-35-36-37-39-41-44-47-50-53-56-59-66(70)75-64(57-54-51-48-45-42-24-21-18-15-12-9-3)63(62-74-76(71,72)73-61-60-68(4,5)6)67-65(69)58-55-52-49-46-43-40-38-30-28-26-23-20-17-14-11-8-2/h10-11,13-14,19-20,22-23,27-30,32-33,35-36,40,43,49,52,54,57,63-64H,7-9,12,15-18,21,24-26,31,34,37-39,41-42,44-48,50-51,53,55-56,58-62H2,1-6H3,(H-,67,69,71,72)/b13-10-,14-11+,22-19-,23-20+,29-27-,30-28+,33-32-,36-35-,43-40+,52-49+,57-54-. The molecular formula is C66H111N2O7P. The van der Waals surface area contributed by atoms with Gasteiger partial charge in [0.2, 0.25) is 5.91 Å². The molecule has 0 rings (SSSR count). The van der Waals surface area contributed by atoms with E-state index in [1.807, 2.05) is 39.4 Å². The molecule has 1 N–H and O–H groups in total. The Kier molecular flexibility index (Phi) is 51.7. The van der Waals surface area contributed by atoms with Crippen molar-refractivity contribution in [2.24, 2.45) is 0 Å². The van der Waals surface area contributed by atoms with Crippen LogP contribution in [-0.4, -0.2) is 69.4 Å². The maximum Gasteiger partial charge on any atom is 0.306 e. The number of phosphoric ester groups is 1. The molecule has 0 aliphatic heterocycles. The third-order valence-corrected chi connectivity index (χ3v) is 13.3. The van der Waals surface area contributed by atoms with Crippen LogP contribution in [0.1, 0.15) is 220 Å². The topological polar surface area (TPSA) is 114 Å². The number of allylic oxidation sites excluding steroid dienone is 21. The Labute approximate surface area is 466 Å². The second-order valence-corrected chi connectivity index (χ2v) is 22.1. The van der Waals surface area contributed by atoms with Gasteiger partial charge >= 0.3 is 5.97 Å². The lowest BCUT2D eigenvalue weighted by molar-refractivity contribution is -0.870. The van der Waals surface area contributed by atoms with Gasteiger partial charge in [0.05, 0.1) is 33.8 Å². The predicted molar refractivity (Wildman–Crippen MR) is 325 cm³/mol. The predicted octanol–water partition coefficient (Wildman–Crippen LogP) is 17.9. The van der Waals surface area contributed by atoms with E-state index in [2.05, 4.69) is 135 Å². The monoisotopic (exact) mass is 1070 g/mol. The molecule has 0 spiro atoms. The van der Waals surface area contributed by atoms with Crippen molar-refractivity contribution in [1.29, 1.82) is 0 Å². The number of phosphoric acid groups is 1. The molecule has 0 bridgehead atoms. The SMILES string of the molecule is CC/C=C\C/C=C\C/C=C\C/C=C\C/C=C\CCCCCCCCCC(=O)OC(/C=C\CCCCCCCCCCC)C(COP(=O)([O-])OCC[N+](C)(C)C)NC(=O)CC/C=C/C/C=C/C/C=C/C/C=C/C/C=C/CC. The second-order valence-electron chi connectivity index (χ2n) is 20.7. The largest absolute Gasteiger partial charge is 0.756 e. The Morgan fingerprint density at radius 1 is 0.474 bits per heavy atom. The van der Waals surface area contributed by atoms with Gasteiger partial charge in [-0.2, -0.15) is 0 Å². The van der Waals surface area contributed by atoms with Crippen LogP contribution in [-0.2, 0) is 27.9 Å². The quantitative estimate of drug-likeness (QED) is 0.0212. The molecule has 432 valence electrons. The van der Waals surface area contributed by atoms with Crippen LogP contribution >= 0.6 is 7.82 Å². The van der Waals surface area contributed by atoms with Gasteiger partial charge in [-0.3, -0.25) is 14.2 Å². The van der Waals surface area contributed by atoms with Gasteiger partial charge in [-0.05, 0) is 109 Å². The van der Waals surface area contributed by atoms with Crippen molar-refractivity contribution in [3.63, 3.8) is 0 Å². The Bertz CT molecular complexity index is 1760. The van der Waals surface area contributed by atoms with Crippen LogP contribution in [0.3, 0.4) is 0 Å². The van der Waals surface area contributed by atoms with E-state index in [1.165, 1.54) is 64.2 Å². The molecule has 0 radical (unpaired) electrons. The van der Waals surface area contributed by atoms with Gasteiger partial charge in [-0.1, -0.05) is 232 Å². The van der Waals surface area contributed by atoms with Gasteiger partial charge in [-0.15, -0.1) is 0 Å². The highest BCUT2D eigenvalue weighted by atomic mass is 31.2. The third kappa shape index (κ3) is 54.9. The summed E-state index contributed by atoms with van der Waals surface area (Å²) in [7, 11) is 1.11. The summed E-state index contributed by atoms with van der Waals surface area (Å²) < 4.78 is 30.2. The Balaban J connectivity index is 5.34. The van der Waals surface area contributed by atoms with E-state index in [-0.39, 0.29) is 31.3 Å². The highest BCUT2D eigenvalue weighted by Crippen LogP contribution is 2.38. The molecule has 0 aromatic heterocycles. The van der Waals surface area contributed by atoms with E-state index in [0.29, 0.717) is 23.9 Å². The van der Waals surface area contributed by atoms with Gasteiger partial charge < -0.3 is 28.5 Å². The van der Waals surface area contributed by atoms with Crippen molar-refractivity contribution in [3.8, 4) is 0 Å². The molecule has 1 amide bonds. The summed E-state index contributed by atoms with van der Waals surface area (Å²) in [5, 5.41) is 2.96. The van der Waals surface area contributed by atoms with Gasteiger partial charge in [0.1, 0.15) is 19.3 Å². The minimum Gasteiger partial charge on any atom is -0.756 e. The molecule has 0 heterocycles. The number of carbonyl (C=O) groups excluding carboxylic acids is 2. The number of quaternary nitrogens is 1. The van der Waals surface area contributed by atoms with Gasteiger partial charge in [0.25, 0.3) is 7.82 Å². The number of nitrogens with zero attached hydrogens (tertiary/aromatic N) is 1. The van der Waals surface area contributed by atoms with Crippen LogP contribution in [0.2, 0.25) is 0 Å². The second kappa shape index (κ2) is 54.5. The van der Waals surface area contributed by atoms with E-state index in [0.717, 1.165) is 109 Å². The zero-order valence-electron chi connectivity index (χ0n) is 49.2. The van der Waals surface area contributed by atoms with Crippen molar-refractivity contribution >= 4 is 19.7 Å². The minimum atomic E-state index is -4.73. The fraction of sp³-hybridized carbons (Fsp3) is 0.636. The number of unbranched alkanes of at least 4 members (excludes halogenated alkanes) is 16. The Hall–Kier alpha value is -3.85. The smallest absolute Gasteiger partial charge is 0.306 e. The first-order valence-corrected chi connectivity index (χ1v) is 31.5. The molecule has 0 aliphatic carbocycles. The number of esters is 1. The minimum absolute atomic E-state index is 0.0449. The van der Waals surface area contributed by atoms with E-state index < -0.39 is 26.6 Å². The normalized spacial score (nSPS) is 14.7. The van der Waals surface area contributed by atoms with Crippen molar-refractivity contribution in [2.75, 3.05) is 40.9 Å². The average molecular weight is 1080 g/mol. The summed E-state index contributed by atoms with van der Waals surface area (Å²) in [4.78, 5) is 39.9. The van der Waals surface area contributed by atoms with Gasteiger partial charge in [0, 0.05) is 12.8 Å². The molecule has 10 heteroatoms. The molecule has 0 aliphatic rings. The average Bonchev–Trinajstić information content (AvgIpc) is 3.38. The molecule has 9 nitrogen and oxygen atoms in total. The van der Waals surface area contributed by atoms with Crippen LogP contribution in [0, 0.1) is 0 Å². The van der Waals surface area contributed by atoms with Crippen molar-refractivity contribution in [3.05, 3.63) is 134 Å². The molecule has 0 aromatic rings. The fourth-order valence-electron chi connectivity index (χ4n) is 7.77. The molecule has 0 aromatic carbocycles. The number of carbonyl (C=O) groups is 2. The number of rotatable bonds is 52. The third-order valence-electron chi connectivity index (χ3n) is 12.3. The molecule has 3 atom stereocenters. The molecule has 3 unspecified atom stereocenters. The maximum atomic E-state index is 13.5. The van der Waals surface area contributed by atoms with Crippen LogP contribution in [0.15, 0.2) is 134 Å². The highest BCUT2D eigenvalue weighted by Gasteiger charge is 2.27. The van der Waals surface area contributed by atoms with Gasteiger partial charge in [0.15, 0.2) is 0 Å². The Morgan fingerprint density at radius 3 is 1.29 bits per heavy atom. The molecular weight excluding hydrogens is 964 g/mol. The van der Waals surface area contributed by atoms with Gasteiger partial charge in [-0.25, -0.2) is 0 Å². The van der Waals surface area contributed by atoms with E-state index >= 15 is 0 Å². The zero-order chi connectivity index (χ0) is 55.7. The first-order valence-electron chi connectivity index (χ1n) is 30.0. The zero-order valence-corrected chi connectivity index (χ0v) is 50.0. The fourth-order valence-corrected chi connectivity index (χ4v) is 8.49. The first-order chi connectivity index (χ1) is 36.9. The number of hydrogen-bond donors (Lipinski definition) is 1. The summed E-state index contributed by atoms with van der Waals surface area (Å²) in [5.74, 6) is -0.662. The number of nitrogens with one attached hydrogen (secondary N) is 1. The van der Waals surface area contributed by atoms with Crippen molar-refractivity contribution in [1.82, 2.24) is 5.32 Å². The molecule has 0 saturated heterocycles. The summed E-state index contributed by atoms with van der Waals surface area (Å²) in [5.41, 5.74) is 0. The van der Waals surface area contributed by atoms with Crippen LogP contribution in [0.5, 0.6) is 0 Å². The van der Waals surface area contributed by atoms with Crippen LogP contribution in [0.4, 0.5) is 0 Å². The number of hydrogen-bond acceptors (Lipinski definition) is 7. The lowest BCUT2D eigenvalue weighted by Crippen LogP contribution is -2.47. The van der Waals surface area contributed by atoms with Crippen LogP contribution < -0.4 is 10.2 Å². The van der Waals surface area contributed by atoms with Crippen molar-refractivity contribution < 1.29 is 37.3 Å². The van der Waals surface area contributed by atoms with Crippen molar-refractivity contribution in [2.45, 2.75) is 232 Å². The number of ether oxygens (including phenoxy) is 1. The first kappa shape index (κ1) is 72.2. The summed E-state index contributed by atoms with van der Waals surface area (Å²) in [6.07, 6.45) is 77.3. The maximum absolute atomic E-state index is 13.5. The van der Waals surface area contributed by atoms with Crippen LogP contribution in [0.25, 0.3) is 0 Å². The summed E-state index contributed by atoms with van der Waals surface area (Å²) >= 11 is 0. The van der Waals surface area contributed by atoms with E-state index in [1.54, 1.807) is 6.08 Å². The summed E-state index contributed by atoms with van der Waals surface area (Å²) in [6, 6.07) is -0.942. The van der Waals surface area contributed by atoms with E-state index in [4.69, 9.17) is 13.8 Å². The lowest BCUT2D eigenvalue weighted by Gasteiger charge is -2.30. The molecule has 0 saturated carbocycles.